The zero-order valence-corrected chi connectivity index (χ0v) is 19.4. The number of fused-ring (bicyclic) bond motifs is 1. The Hall–Kier alpha value is -2.43. The number of nitrogens with zero attached hydrogens (tertiary/aromatic N) is 5. The second-order valence-corrected chi connectivity index (χ2v) is 10.8. The second kappa shape index (κ2) is 8.41. The van der Waals surface area contributed by atoms with E-state index in [9.17, 15) is 17.6 Å². The van der Waals surface area contributed by atoms with Crippen molar-refractivity contribution in [3.63, 3.8) is 0 Å². The number of anilines is 1. The molecule has 8 nitrogen and oxygen atoms in total. The molecule has 2 aliphatic rings. The summed E-state index contributed by atoms with van der Waals surface area (Å²) in [6, 6.07) is 6.67. The van der Waals surface area contributed by atoms with Crippen molar-refractivity contribution < 1.29 is 12.8 Å². The number of imidazole rings is 1. The minimum Gasteiger partial charge on any atom is -0.357 e. The molecule has 0 spiro atoms. The Labute approximate surface area is 196 Å². The lowest BCUT2D eigenvalue weighted by molar-refractivity contribution is 0.273. The third-order valence-corrected chi connectivity index (χ3v) is 8.85. The lowest BCUT2D eigenvalue weighted by Crippen LogP contribution is -2.41. The summed E-state index contributed by atoms with van der Waals surface area (Å²) in [5, 5.41) is -0.154. The largest absolute Gasteiger partial charge is 0.357 e. The SMILES string of the molecule is [CH]n1c(=O)n(C2CCN(S(=O)(=O)c3ccc(F)cc3Cl)CC2)c2nc(N3CCCC3)ccc21. The first-order chi connectivity index (χ1) is 15.8. The van der Waals surface area contributed by atoms with Gasteiger partial charge in [-0.05, 0) is 56.0 Å². The molecule has 2 radical (unpaired) electrons. The van der Waals surface area contributed by atoms with Gasteiger partial charge < -0.3 is 4.90 Å². The van der Waals surface area contributed by atoms with Gasteiger partial charge in [-0.1, -0.05) is 11.6 Å². The van der Waals surface area contributed by atoms with E-state index >= 15 is 0 Å². The molecule has 0 atom stereocenters. The highest BCUT2D eigenvalue weighted by atomic mass is 35.5. The van der Waals surface area contributed by atoms with Gasteiger partial charge in [-0.2, -0.15) is 4.31 Å². The summed E-state index contributed by atoms with van der Waals surface area (Å²) in [5.41, 5.74) is 0.671. The van der Waals surface area contributed by atoms with E-state index in [1.807, 2.05) is 12.1 Å². The van der Waals surface area contributed by atoms with Crippen molar-refractivity contribution in [3.8, 4) is 0 Å². The molecule has 0 N–H and O–H groups in total. The molecule has 0 amide bonds. The van der Waals surface area contributed by atoms with Gasteiger partial charge in [0, 0.05) is 32.2 Å². The summed E-state index contributed by atoms with van der Waals surface area (Å²) < 4.78 is 43.5. The smallest absolute Gasteiger partial charge is 0.331 e. The van der Waals surface area contributed by atoms with Crippen LogP contribution in [0.15, 0.2) is 40.0 Å². The van der Waals surface area contributed by atoms with Gasteiger partial charge in [0.05, 0.1) is 17.6 Å². The van der Waals surface area contributed by atoms with E-state index in [0.29, 0.717) is 24.0 Å². The Bertz CT molecular complexity index is 1370. The maximum Gasteiger partial charge on any atom is 0.331 e. The van der Waals surface area contributed by atoms with E-state index in [1.165, 1.54) is 10.4 Å². The number of piperidine rings is 1. The number of sulfonamides is 1. The Morgan fingerprint density at radius 1 is 1.06 bits per heavy atom. The summed E-state index contributed by atoms with van der Waals surface area (Å²) in [5.74, 6) is 0.210. The lowest BCUT2D eigenvalue weighted by Gasteiger charge is -2.31. The standard InChI is InChI=1S/C22H23ClFN5O3S/c1-26-18-5-7-20(27-10-2-3-11-27)25-21(18)29(22(26)30)16-8-12-28(13-9-16)33(31,32)19-6-4-15(24)14-17(19)23/h1,4-7,14,16H,2-3,8-13H2. The third kappa shape index (κ3) is 3.83. The van der Waals surface area contributed by atoms with Crippen molar-refractivity contribution in [2.45, 2.75) is 36.6 Å². The molecule has 4 heterocycles. The molecule has 5 rings (SSSR count). The predicted octanol–water partition coefficient (Wildman–Crippen LogP) is 3.13. The number of halogens is 2. The molecular formula is C22H23ClFN5O3S. The van der Waals surface area contributed by atoms with Crippen LogP contribution in [-0.4, -0.2) is 53.0 Å². The maximum absolute atomic E-state index is 13.4. The average Bonchev–Trinajstić information content (AvgIpc) is 3.41. The van der Waals surface area contributed by atoms with Crippen LogP contribution in [0.3, 0.4) is 0 Å². The van der Waals surface area contributed by atoms with Crippen molar-refractivity contribution in [3.05, 3.63) is 58.7 Å². The third-order valence-electron chi connectivity index (χ3n) is 6.47. The van der Waals surface area contributed by atoms with Gasteiger partial charge in [0.25, 0.3) is 0 Å². The van der Waals surface area contributed by atoms with E-state index in [4.69, 9.17) is 23.6 Å². The molecule has 0 unspecified atom stereocenters. The van der Waals surface area contributed by atoms with Crippen LogP contribution in [0.25, 0.3) is 11.2 Å². The zero-order valence-electron chi connectivity index (χ0n) is 17.8. The van der Waals surface area contributed by atoms with Crippen LogP contribution in [0, 0.1) is 12.9 Å². The second-order valence-electron chi connectivity index (χ2n) is 8.44. The van der Waals surface area contributed by atoms with Crippen LogP contribution in [0.4, 0.5) is 10.2 Å². The van der Waals surface area contributed by atoms with Crippen molar-refractivity contribution >= 4 is 38.6 Å². The molecule has 174 valence electrons. The lowest BCUT2D eigenvalue weighted by atomic mass is 10.1. The molecule has 3 aromatic rings. The van der Waals surface area contributed by atoms with Gasteiger partial charge in [0.1, 0.15) is 16.5 Å². The van der Waals surface area contributed by atoms with Gasteiger partial charge in [0.15, 0.2) is 5.65 Å². The fraction of sp³-hybridized carbons (Fsp3) is 0.409. The normalized spacial score (nSPS) is 18.5. The van der Waals surface area contributed by atoms with E-state index in [2.05, 4.69) is 4.90 Å². The fourth-order valence-electron chi connectivity index (χ4n) is 4.72. The minimum atomic E-state index is -3.89. The highest BCUT2D eigenvalue weighted by molar-refractivity contribution is 7.89. The van der Waals surface area contributed by atoms with Crippen molar-refractivity contribution in [2.24, 2.45) is 0 Å². The van der Waals surface area contributed by atoms with Crippen LogP contribution in [0.1, 0.15) is 31.7 Å². The first kappa shape index (κ1) is 22.4. The van der Waals surface area contributed by atoms with Crippen LogP contribution in [-0.2, 0) is 10.0 Å². The summed E-state index contributed by atoms with van der Waals surface area (Å²) in [6.45, 7) is 2.23. The molecule has 2 aromatic heterocycles. The molecule has 0 saturated carbocycles. The Balaban J connectivity index is 1.43. The van der Waals surface area contributed by atoms with Crippen LogP contribution < -0.4 is 10.6 Å². The highest BCUT2D eigenvalue weighted by Gasteiger charge is 2.33. The summed E-state index contributed by atoms with van der Waals surface area (Å²) in [6.07, 6.45) is 3.03. The van der Waals surface area contributed by atoms with E-state index in [1.54, 1.807) is 4.57 Å². The van der Waals surface area contributed by atoms with Gasteiger partial charge >= 0.3 is 5.69 Å². The number of aromatic nitrogens is 3. The molecule has 0 bridgehead atoms. The number of pyridine rings is 1. The van der Waals surface area contributed by atoms with Crippen molar-refractivity contribution in [1.82, 2.24) is 18.4 Å². The Morgan fingerprint density at radius 3 is 2.42 bits per heavy atom. The van der Waals surface area contributed by atoms with Crippen LogP contribution in [0.2, 0.25) is 5.02 Å². The summed E-state index contributed by atoms with van der Waals surface area (Å²) in [4.78, 5) is 19.8. The fourth-order valence-corrected chi connectivity index (χ4v) is 6.70. The van der Waals surface area contributed by atoms with Gasteiger partial charge in [0.2, 0.25) is 10.0 Å². The number of rotatable bonds is 4. The van der Waals surface area contributed by atoms with Gasteiger partial charge in [-0.15, -0.1) is 0 Å². The predicted molar refractivity (Wildman–Crippen MR) is 124 cm³/mol. The van der Waals surface area contributed by atoms with Crippen LogP contribution in [0.5, 0.6) is 0 Å². The Morgan fingerprint density at radius 2 is 1.76 bits per heavy atom. The minimum absolute atomic E-state index is 0.128. The number of hydrogen-bond acceptors (Lipinski definition) is 5. The molecule has 2 aliphatic heterocycles. The van der Waals surface area contributed by atoms with Crippen molar-refractivity contribution in [1.29, 1.82) is 0 Å². The maximum atomic E-state index is 13.4. The van der Waals surface area contributed by atoms with Crippen molar-refractivity contribution in [2.75, 3.05) is 31.1 Å². The van der Waals surface area contributed by atoms with E-state index < -0.39 is 15.8 Å². The first-order valence-electron chi connectivity index (χ1n) is 10.9. The highest BCUT2D eigenvalue weighted by Crippen LogP contribution is 2.31. The van der Waals surface area contributed by atoms with Gasteiger partial charge in [-0.3, -0.25) is 9.13 Å². The topological polar surface area (TPSA) is 80.4 Å². The Kier molecular flexibility index (Phi) is 5.70. The molecule has 33 heavy (non-hydrogen) atoms. The van der Waals surface area contributed by atoms with E-state index in [-0.39, 0.29) is 34.7 Å². The monoisotopic (exact) mass is 491 g/mol. The zero-order chi connectivity index (χ0) is 23.3. The number of benzene rings is 1. The molecule has 1 aromatic carbocycles. The molecular weight excluding hydrogens is 469 g/mol. The molecule has 0 aliphatic carbocycles. The molecule has 2 fully saturated rings. The quantitative estimate of drug-likeness (QED) is 0.560. The van der Waals surface area contributed by atoms with Gasteiger partial charge in [-0.25, -0.2) is 22.6 Å². The average molecular weight is 492 g/mol. The summed E-state index contributed by atoms with van der Waals surface area (Å²) in [7, 11) is 2.14. The molecule has 2 saturated heterocycles. The van der Waals surface area contributed by atoms with E-state index in [0.717, 1.165) is 48.4 Å². The first-order valence-corrected chi connectivity index (χ1v) is 12.7. The summed E-state index contributed by atoms with van der Waals surface area (Å²) >= 11 is 6.00. The van der Waals surface area contributed by atoms with Crippen LogP contribution >= 0.6 is 11.6 Å². The number of hydrogen-bond donors (Lipinski definition) is 0. The molecule has 11 heteroatoms.